The molecule has 1 aromatic rings. The zero-order valence-corrected chi connectivity index (χ0v) is 9.98. The fourth-order valence-corrected chi connectivity index (χ4v) is 1.21. The van der Waals surface area contributed by atoms with E-state index in [1.807, 2.05) is 20.8 Å². The van der Waals surface area contributed by atoms with Crippen LogP contribution in [-0.2, 0) is 4.79 Å². The Morgan fingerprint density at radius 3 is 2.50 bits per heavy atom. The minimum absolute atomic E-state index is 0.223. The number of carboxylic acids is 1. The lowest BCUT2D eigenvalue weighted by Crippen LogP contribution is -2.26. The Kier molecular flexibility index (Phi) is 3.82. The van der Waals surface area contributed by atoms with E-state index in [9.17, 15) is 4.79 Å². The summed E-state index contributed by atoms with van der Waals surface area (Å²) in [7, 11) is 0. The van der Waals surface area contributed by atoms with E-state index in [1.165, 1.54) is 0 Å². The van der Waals surface area contributed by atoms with Crippen LogP contribution in [0.5, 0.6) is 0 Å². The van der Waals surface area contributed by atoms with Crippen molar-refractivity contribution in [3.8, 4) is 0 Å². The summed E-state index contributed by atoms with van der Waals surface area (Å²) in [6.45, 7) is 7.44. The molecule has 16 heavy (non-hydrogen) atoms. The molecule has 2 N–H and O–H groups in total. The lowest BCUT2D eigenvalue weighted by atomic mass is 10.2. The Balaban J connectivity index is 2.92. The largest absolute Gasteiger partial charge is 0.480 e. The quantitative estimate of drug-likeness (QED) is 0.814. The maximum Gasteiger partial charge on any atom is 0.325 e. The van der Waals surface area contributed by atoms with Crippen LogP contribution in [0.3, 0.4) is 0 Å². The number of aliphatic carboxylic acids is 1. The van der Waals surface area contributed by atoms with Crippen LogP contribution in [0.25, 0.3) is 0 Å². The van der Waals surface area contributed by atoms with Gasteiger partial charge in [-0.05, 0) is 13.8 Å². The van der Waals surface area contributed by atoms with E-state index >= 15 is 0 Å². The summed E-state index contributed by atoms with van der Waals surface area (Å²) in [4.78, 5) is 19.3. The molecule has 1 heterocycles. The molecule has 1 unspecified atom stereocenters. The number of rotatable bonds is 4. The van der Waals surface area contributed by atoms with Gasteiger partial charge < -0.3 is 10.4 Å². The summed E-state index contributed by atoms with van der Waals surface area (Å²) in [5, 5.41) is 11.6. The van der Waals surface area contributed by atoms with Crippen molar-refractivity contribution in [1.29, 1.82) is 0 Å². The highest BCUT2D eigenvalue weighted by atomic mass is 16.4. The third-order valence-electron chi connectivity index (χ3n) is 2.12. The van der Waals surface area contributed by atoms with Gasteiger partial charge >= 0.3 is 5.97 Å². The van der Waals surface area contributed by atoms with E-state index in [4.69, 9.17) is 5.11 Å². The number of aromatic nitrogens is 2. The topological polar surface area (TPSA) is 75.1 Å². The van der Waals surface area contributed by atoms with Gasteiger partial charge in [0.25, 0.3) is 0 Å². The summed E-state index contributed by atoms with van der Waals surface area (Å²) in [5.74, 6) is 0.606. The first kappa shape index (κ1) is 12.4. The molecule has 0 radical (unpaired) electrons. The summed E-state index contributed by atoms with van der Waals surface area (Å²) < 4.78 is 0. The number of hydrogen-bond donors (Lipinski definition) is 2. The van der Waals surface area contributed by atoms with Gasteiger partial charge in [-0.2, -0.15) is 0 Å². The molecule has 0 spiro atoms. The monoisotopic (exact) mass is 223 g/mol. The van der Waals surface area contributed by atoms with E-state index in [0.29, 0.717) is 5.82 Å². The van der Waals surface area contributed by atoms with Gasteiger partial charge in [0.2, 0.25) is 0 Å². The summed E-state index contributed by atoms with van der Waals surface area (Å²) in [6.07, 6.45) is 0. The molecule has 0 fully saturated rings. The first-order valence-corrected chi connectivity index (χ1v) is 5.25. The molecule has 0 aliphatic rings. The number of nitrogens with one attached hydrogen (secondary N) is 1. The van der Waals surface area contributed by atoms with Crippen LogP contribution >= 0.6 is 0 Å². The van der Waals surface area contributed by atoms with Gasteiger partial charge in [-0.1, -0.05) is 13.8 Å². The first-order chi connectivity index (χ1) is 7.40. The second kappa shape index (κ2) is 4.92. The fraction of sp³-hybridized carbons (Fsp3) is 0.545. The van der Waals surface area contributed by atoms with Crippen molar-refractivity contribution >= 4 is 11.8 Å². The third kappa shape index (κ3) is 3.18. The number of carbonyl (C=O) groups is 1. The molecule has 0 saturated carbocycles. The standard InChI is InChI=1S/C11H17N3O2/c1-6(2)10-12-7(3)5-9(14-10)13-8(4)11(15)16/h5-6,8H,1-4H3,(H,15,16)(H,12,13,14). The predicted molar refractivity (Wildman–Crippen MR) is 61.6 cm³/mol. The van der Waals surface area contributed by atoms with Gasteiger partial charge in [0.15, 0.2) is 0 Å². The normalized spacial score (nSPS) is 12.6. The molecule has 88 valence electrons. The summed E-state index contributed by atoms with van der Waals surface area (Å²) in [5.41, 5.74) is 0.832. The lowest BCUT2D eigenvalue weighted by molar-refractivity contribution is -0.137. The van der Waals surface area contributed by atoms with E-state index in [-0.39, 0.29) is 5.92 Å². The average molecular weight is 223 g/mol. The molecule has 1 atom stereocenters. The van der Waals surface area contributed by atoms with Gasteiger partial charge in [0.1, 0.15) is 17.7 Å². The molecule has 0 saturated heterocycles. The van der Waals surface area contributed by atoms with Crippen molar-refractivity contribution in [1.82, 2.24) is 9.97 Å². The Morgan fingerprint density at radius 1 is 1.38 bits per heavy atom. The second-order valence-electron chi connectivity index (χ2n) is 4.11. The summed E-state index contributed by atoms with van der Waals surface area (Å²) in [6, 6.07) is 1.08. The first-order valence-electron chi connectivity index (χ1n) is 5.25. The highest BCUT2D eigenvalue weighted by Gasteiger charge is 2.12. The number of hydrogen-bond acceptors (Lipinski definition) is 4. The molecule has 5 heteroatoms. The van der Waals surface area contributed by atoms with Crippen LogP contribution in [-0.4, -0.2) is 27.1 Å². The molecule has 1 aromatic heterocycles. The zero-order valence-electron chi connectivity index (χ0n) is 9.98. The van der Waals surface area contributed by atoms with Crippen LogP contribution in [0, 0.1) is 6.92 Å². The molecule has 1 rings (SSSR count). The molecule has 0 amide bonds. The molecule has 0 aliphatic heterocycles. The van der Waals surface area contributed by atoms with Crippen LogP contribution in [0.1, 0.15) is 38.2 Å². The average Bonchev–Trinajstić information content (AvgIpc) is 2.16. The Labute approximate surface area is 94.9 Å². The molecule has 5 nitrogen and oxygen atoms in total. The minimum Gasteiger partial charge on any atom is -0.480 e. The molecular weight excluding hydrogens is 206 g/mol. The van der Waals surface area contributed by atoms with Gasteiger partial charge in [-0.3, -0.25) is 4.79 Å². The van der Waals surface area contributed by atoms with Crippen molar-refractivity contribution in [3.05, 3.63) is 17.6 Å². The smallest absolute Gasteiger partial charge is 0.325 e. The predicted octanol–water partition coefficient (Wildman–Crippen LogP) is 1.79. The van der Waals surface area contributed by atoms with E-state index in [1.54, 1.807) is 13.0 Å². The van der Waals surface area contributed by atoms with Gasteiger partial charge in [-0.25, -0.2) is 9.97 Å². The molecule has 0 bridgehead atoms. The highest BCUT2D eigenvalue weighted by molar-refractivity contribution is 5.76. The van der Waals surface area contributed by atoms with E-state index in [2.05, 4.69) is 15.3 Å². The van der Waals surface area contributed by atoms with Crippen molar-refractivity contribution < 1.29 is 9.90 Å². The molecule has 0 aliphatic carbocycles. The van der Waals surface area contributed by atoms with Gasteiger partial charge in [-0.15, -0.1) is 0 Å². The highest BCUT2D eigenvalue weighted by Crippen LogP contribution is 2.14. The number of anilines is 1. The van der Waals surface area contributed by atoms with Crippen molar-refractivity contribution in [3.63, 3.8) is 0 Å². The molecular formula is C11H17N3O2. The maximum absolute atomic E-state index is 10.7. The van der Waals surface area contributed by atoms with E-state index < -0.39 is 12.0 Å². The van der Waals surface area contributed by atoms with Crippen LogP contribution in [0.2, 0.25) is 0 Å². The van der Waals surface area contributed by atoms with Crippen molar-refractivity contribution in [2.24, 2.45) is 0 Å². The van der Waals surface area contributed by atoms with Gasteiger partial charge in [0.05, 0.1) is 0 Å². The van der Waals surface area contributed by atoms with Crippen LogP contribution in [0.4, 0.5) is 5.82 Å². The van der Waals surface area contributed by atoms with Crippen LogP contribution < -0.4 is 5.32 Å². The second-order valence-corrected chi connectivity index (χ2v) is 4.11. The van der Waals surface area contributed by atoms with Gasteiger partial charge in [0, 0.05) is 17.7 Å². The maximum atomic E-state index is 10.7. The SMILES string of the molecule is Cc1cc(NC(C)C(=O)O)nc(C(C)C)n1. The van der Waals surface area contributed by atoms with Crippen molar-refractivity contribution in [2.75, 3.05) is 5.32 Å². The van der Waals surface area contributed by atoms with Crippen molar-refractivity contribution in [2.45, 2.75) is 39.7 Å². The van der Waals surface area contributed by atoms with Crippen LogP contribution in [0.15, 0.2) is 6.07 Å². The Morgan fingerprint density at radius 2 is 2.00 bits per heavy atom. The lowest BCUT2D eigenvalue weighted by Gasteiger charge is -2.12. The van der Waals surface area contributed by atoms with E-state index in [0.717, 1.165) is 11.5 Å². The third-order valence-corrected chi connectivity index (χ3v) is 2.12. The summed E-state index contributed by atoms with van der Waals surface area (Å²) >= 11 is 0. The number of carboxylic acid groups (broad SMARTS) is 1. The molecule has 0 aromatic carbocycles. The number of aryl methyl sites for hydroxylation is 1. The Hall–Kier alpha value is -1.65. The number of nitrogens with zero attached hydrogens (tertiary/aromatic N) is 2. The fourth-order valence-electron chi connectivity index (χ4n) is 1.21. The zero-order chi connectivity index (χ0) is 12.3. The Bertz CT molecular complexity index is 391. The minimum atomic E-state index is -0.901.